The van der Waals surface area contributed by atoms with Crippen molar-refractivity contribution in [2.75, 3.05) is 5.32 Å². The van der Waals surface area contributed by atoms with Gasteiger partial charge in [0.25, 0.3) is 0 Å². The van der Waals surface area contributed by atoms with Gasteiger partial charge < -0.3 is 5.32 Å². The van der Waals surface area contributed by atoms with Gasteiger partial charge in [0, 0.05) is 11.0 Å². The summed E-state index contributed by atoms with van der Waals surface area (Å²) in [5.74, 6) is -0.234. The number of nitriles is 1. The van der Waals surface area contributed by atoms with E-state index < -0.39 is 0 Å². The van der Waals surface area contributed by atoms with Crippen LogP contribution in [0.25, 0.3) is 0 Å². The number of nitrogens with zero attached hydrogens (tertiary/aromatic N) is 1. The summed E-state index contributed by atoms with van der Waals surface area (Å²) >= 11 is 3.33. The highest BCUT2D eigenvalue weighted by molar-refractivity contribution is 9.10. The molecule has 0 heterocycles. The maximum atomic E-state index is 13.0. The van der Waals surface area contributed by atoms with E-state index in [1.54, 1.807) is 12.1 Å². The Morgan fingerprint density at radius 1 is 1.26 bits per heavy atom. The number of hydrogen-bond donors (Lipinski definition) is 1. The normalized spacial score (nSPS) is 10.0. The zero-order chi connectivity index (χ0) is 13.8. The summed E-state index contributed by atoms with van der Waals surface area (Å²) in [5, 5.41) is 12.3. The molecule has 1 N–H and O–H groups in total. The van der Waals surface area contributed by atoms with Crippen molar-refractivity contribution in [2.24, 2.45) is 0 Å². The van der Waals surface area contributed by atoms with Crippen molar-refractivity contribution in [3.8, 4) is 6.07 Å². The van der Waals surface area contributed by atoms with Crippen LogP contribution in [-0.2, 0) is 6.54 Å². The van der Waals surface area contributed by atoms with Crippen LogP contribution in [0, 0.1) is 24.1 Å². The minimum Gasteiger partial charge on any atom is -0.380 e. The first-order chi connectivity index (χ1) is 9.10. The van der Waals surface area contributed by atoms with E-state index in [0.29, 0.717) is 12.1 Å². The monoisotopic (exact) mass is 318 g/mol. The number of aryl methyl sites for hydroxylation is 1. The van der Waals surface area contributed by atoms with Crippen molar-refractivity contribution in [1.82, 2.24) is 0 Å². The lowest BCUT2D eigenvalue weighted by Crippen LogP contribution is -2.03. The van der Waals surface area contributed by atoms with Gasteiger partial charge in [-0.3, -0.25) is 0 Å². The van der Waals surface area contributed by atoms with Crippen LogP contribution in [0.2, 0.25) is 0 Å². The van der Waals surface area contributed by atoms with Crippen molar-refractivity contribution in [3.05, 3.63) is 63.4 Å². The Hall–Kier alpha value is -1.86. The van der Waals surface area contributed by atoms with E-state index in [-0.39, 0.29) is 5.82 Å². The molecule has 0 fully saturated rings. The molecular formula is C15H12BrFN2. The highest BCUT2D eigenvalue weighted by Gasteiger charge is 2.04. The first-order valence-corrected chi connectivity index (χ1v) is 6.58. The Labute approximate surface area is 120 Å². The lowest BCUT2D eigenvalue weighted by atomic mass is 10.1. The van der Waals surface area contributed by atoms with Gasteiger partial charge >= 0.3 is 0 Å². The van der Waals surface area contributed by atoms with Gasteiger partial charge in [-0.05, 0) is 48.4 Å². The minimum absolute atomic E-state index is 0.234. The molecule has 0 bridgehead atoms. The molecule has 0 spiro atoms. The van der Waals surface area contributed by atoms with Gasteiger partial charge in [0.1, 0.15) is 11.9 Å². The zero-order valence-corrected chi connectivity index (χ0v) is 12.0. The Morgan fingerprint density at radius 2 is 2.05 bits per heavy atom. The van der Waals surface area contributed by atoms with Crippen LogP contribution in [0.1, 0.15) is 16.7 Å². The van der Waals surface area contributed by atoms with Crippen molar-refractivity contribution in [3.63, 3.8) is 0 Å². The van der Waals surface area contributed by atoms with Crippen molar-refractivity contribution in [2.45, 2.75) is 13.5 Å². The molecule has 0 aromatic heterocycles. The van der Waals surface area contributed by atoms with Crippen LogP contribution >= 0.6 is 15.9 Å². The number of benzene rings is 2. The molecule has 2 rings (SSSR count). The second-order valence-corrected chi connectivity index (χ2v) is 5.14. The van der Waals surface area contributed by atoms with Gasteiger partial charge in [0.2, 0.25) is 0 Å². The van der Waals surface area contributed by atoms with Crippen molar-refractivity contribution >= 4 is 21.6 Å². The van der Waals surface area contributed by atoms with E-state index in [9.17, 15) is 4.39 Å². The molecule has 0 aliphatic carbocycles. The summed E-state index contributed by atoms with van der Waals surface area (Å²) in [7, 11) is 0. The Morgan fingerprint density at radius 3 is 2.74 bits per heavy atom. The van der Waals surface area contributed by atoms with Crippen molar-refractivity contribution in [1.29, 1.82) is 5.26 Å². The molecule has 0 saturated heterocycles. The van der Waals surface area contributed by atoms with Gasteiger partial charge in [0.15, 0.2) is 0 Å². The third kappa shape index (κ3) is 3.33. The van der Waals surface area contributed by atoms with Crippen LogP contribution in [0.4, 0.5) is 10.1 Å². The van der Waals surface area contributed by atoms with Crippen LogP contribution < -0.4 is 5.32 Å². The minimum atomic E-state index is -0.234. The van der Waals surface area contributed by atoms with Crippen LogP contribution in [0.15, 0.2) is 40.9 Å². The number of halogens is 2. The molecule has 2 aromatic rings. The number of hydrogen-bond acceptors (Lipinski definition) is 2. The quantitative estimate of drug-likeness (QED) is 0.911. The summed E-state index contributed by atoms with van der Waals surface area (Å²) in [6, 6.07) is 12.3. The third-order valence-corrected chi connectivity index (χ3v) is 3.37. The molecule has 0 atom stereocenters. The topological polar surface area (TPSA) is 35.8 Å². The van der Waals surface area contributed by atoms with Crippen molar-refractivity contribution < 1.29 is 4.39 Å². The first-order valence-electron chi connectivity index (χ1n) is 5.78. The summed E-state index contributed by atoms with van der Waals surface area (Å²) in [4.78, 5) is 0. The van der Waals surface area contributed by atoms with E-state index in [1.807, 2.05) is 19.1 Å². The van der Waals surface area contributed by atoms with E-state index in [2.05, 4.69) is 27.3 Å². The molecule has 2 nitrogen and oxygen atoms in total. The van der Waals surface area contributed by atoms with Crippen LogP contribution in [0.3, 0.4) is 0 Å². The lowest BCUT2D eigenvalue weighted by molar-refractivity contribution is 0.625. The summed E-state index contributed by atoms with van der Waals surface area (Å²) < 4.78 is 13.9. The molecule has 19 heavy (non-hydrogen) atoms. The molecule has 96 valence electrons. The number of rotatable bonds is 3. The summed E-state index contributed by atoms with van der Waals surface area (Å²) in [6.45, 7) is 2.43. The van der Waals surface area contributed by atoms with Gasteiger partial charge in [-0.25, -0.2) is 4.39 Å². The number of anilines is 1. The van der Waals surface area contributed by atoms with E-state index in [1.165, 1.54) is 12.1 Å². The van der Waals surface area contributed by atoms with Gasteiger partial charge in [-0.2, -0.15) is 5.26 Å². The van der Waals surface area contributed by atoms with Gasteiger partial charge in [-0.15, -0.1) is 0 Å². The molecule has 0 aliphatic rings. The van der Waals surface area contributed by atoms with E-state index >= 15 is 0 Å². The lowest BCUT2D eigenvalue weighted by Gasteiger charge is -2.10. The summed E-state index contributed by atoms with van der Waals surface area (Å²) in [6.07, 6.45) is 0. The van der Waals surface area contributed by atoms with E-state index in [0.717, 1.165) is 21.3 Å². The second kappa shape index (κ2) is 5.85. The largest absolute Gasteiger partial charge is 0.380 e. The third-order valence-electron chi connectivity index (χ3n) is 2.88. The SMILES string of the molecule is Cc1cc(F)ccc1CNc1ccc(Br)cc1C#N. The standard InChI is InChI=1S/C15H12BrFN2/c1-10-6-14(17)4-2-11(10)9-19-15-5-3-13(16)7-12(15)8-18/h2-7,19H,9H2,1H3. The molecular weight excluding hydrogens is 307 g/mol. The second-order valence-electron chi connectivity index (χ2n) is 4.23. The fourth-order valence-electron chi connectivity index (χ4n) is 1.81. The van der Waals surface area contributed by atoms with Gasteiger partial charge in [0.05, 0.1) is 11.3 Å². The predicted octanol–water partition coefficient (Wildman–Crippen LogP) is 4.38. The fourth-order valence-corrected chi connectivity index (χ4v) is 2.17. The maximum Gasteiger partial charge on any atom is 0.123 e. The molecule has 0 saturated carbocycles. The first kappa shape index (κ1) is 13.6. The molecule has 0 aliphatic heterocycles. The predicted molar refractivity (Wildman–Crippen MR) is 77.3 cm³/mol. The maximum absolute atomic E-state index is 13.0. The number of nitrogens with one attached hydrogen (secondary N) is 1. The molecule has 0 unspecified atom stereocenters. The Kier molecular flexibility index (Phi) is 4.18. The smallest absolute Gasteiger partial charge is 0.123 e. The van der Waals surface area contributed by atoms with E-state index in [4.69, 9.17) is 5.26 Å². The van der Waals surface area contributed by atoms with Crippen LogP contribution in [-0.4, -0.2) is 0 Å². The average Bonchev–Trinajstić information content (AvgIpc) is 2.39. The zero-order valence-electron chi connectivity index (χ0n) is 10.4. The Bertz CT molecular complexity index is 647. The average molecular weight is 319 g/mol. The molecule has 0 radical (unpaired) electrons. The van der Waals surface area contributed by atoms with Gasteiger partial charge in [-0.1, -0.05) is 22.0 Å². The molecule has 4 heteroatoms. The Balaban J connectivity index is 2.17. The highest BCUT2D eigenvalue weighted by Crippen LogP contribution is 2.21. The molecule has 2 aromatic carbocycles. The fraction of sp³-hybridized carbons (Fsp3) is 0.133. The highest BCUT2D eigenvalue weighted by atomic mass is 79.9. The van der Waals surface area contributed by atoms with Crippen LogP contribution in [0.5, 0.6) is 0 Å². The summed E-state index contributed by atoms with van der Waals surface area (Å²) in [5.41, 5.74) is 3.25. The molecule has 0 amide bonds.